The highest BCUT2D eigenvalue weighted by Crippen LogP contribution is 2.19. The summed E-state index contributed by atoms with van der Waals surface area (Å²) in [5.41, 5.74) is 0. The Hall–Kier alpha value is 1.15. The molecule has 0 bridgehead atoms. The van der Waals surface area contributed by atoms with Crippen LogP contribution in [0.1, 0.15) is 0 Å². The molecule has 2 atom stereocenters. The molecule has 0 heterocycles. The van der Waals surface area contributed by atoms with E-state index in [2.05, 4.69) is 31.9 Å². The zero-order valence-corrected chi connectivity index (χ0v) is 8.27. The summed E-state index contributed by atoms with van der Waals surface area (Å²) in [7, 11) is -2.27. The SMILES string of the molecule is O=[PH](O)CC(Br)CBr. The Morgan fingerprint density at radius 1 is 1.75 bits per heavy atom. The molecule has 0 amide bonds. The second-order valence-corrected chi connectivity index (χ2v) is 4.49. The molecule has 0 aliphatic heterocycles. The van der Waals surface area contributed by atoms with Crippen LogP contribution in [-0.4, -0.2) is 21.2 Å². The summed E-state index contributed by atoms with van der Waals surface area (Å²) in [6.07, 6.45) is 0.357. The third-order valence-electron chi connectivity index (χ3n) is 0.564. The zero-order chi connectivity index (χ0) is 6.57. The maximum atomic E-state index is 10.1. The van der Waals surface area contributed by atoms with Gasteiger partial charge in [0.1, 0.15) is 0 Å². The number of hydrogen-bond donors (Lipinski definition) is 1. The van der Waals surface area contributed by atoms with Gasteiger partial charge in [-0.3, -0.25) is 4.57 Å². The average molecular weight is 266 g/mol. The molecular formula is C3H7Br2O2P. The largest absolute Gasteiger partial charge is 0.346 e. The fraction of sp³-hybridized carbons (Fsp3) is 1.00. The molecule has 0 aliphatic rings. The molecule has 0 aromatic carbocycles. The molecule has 0 aromatic rings. The molecule has 2 unspecified atom stereocenters. The summed E-state index contributed by atoms with van der Waals surface area (Å²) in [6, 6.07) is 0. The highest BCUT2D eigenvalue weighted by molar-refractivity contribution is 9.12. The third kappa shape index (κ3) is 5.29. The van der Waals surface area contributed by atoms with Crippen molar-refractivity contribution in [3.05, 3.63) is 0 Å². The summed E-state index contributed by atoms with van der Waals surface area (Å²) in [6.45, 7) is 0. The topological polar surface area (TPSA) is 37.3 Å². The van der Waals surface area contributed by atoms with Crippen molar-refractivity contribution < 1.29 is 9.46 Å². The molecule has 0 aliphatic carbocycles. The molecule has 50 valence electrons. The Kier molecular flexibility index (Phi) is 5.69. The van der Waals surface area contributed by atoms with Crippen molar-refractivity contribution in [1.82, 2.24) is 0 Å². The Bertz CT molecular complexity index is 87.4. The number of hydrogen-bond acceptors (Lipinski definition) is 1. The van der Waals surface area contributed by atoms with Gasteiger partial charge < -0.3 is 4.89 Å². The molecule has 0 fully saturated rings. The molecule has 0 rings (SSSR count). The molecule has 0 aromatic heterocycles. The summed E-state index contributed by atoms with van der Waals surface area (Å²) in [5, 5.41) is 0.726. The smallest absolute Gasteiger partial charge is 0.190 e. The average Bonchev–Trinajstić information content (AvgIpc) is 1.65. The molecule has 2 nitrogen and oxygen atoms in total. The second-order valence-electron chi connectivity index (χ2n) is 1.35. The summed E-state index contributed by atoms with van der Waals surface area (Å²) < 4.78 is 10.1. The van der Waals surface area contributed by atoms with E-state index in [1.165, 1.54) is 0 Å². The van der Waals surface area contributed by atoms with Crippen LogP contribution in [0.4, 0.5) is 0 Å². The van der Waals surface area contributed by atoms with Crippen LogP contribution < -0.4 is 0 Å². The zero-order valence-electron chi connectivity index (χ0n) is 4.10. The Labute approximate surface area is 65.8 Å². The first kappa shape index (κ1) is 9.15. The first-order chi connectivity index (χ1) is 3.66. The van der Waals surface area contributed by atoms with E-state index in [0.717, 1.165) is 5.33 Å². The molecule has 0 spiro atoms. The lowest BCUT2D eigenvalue weighted by molar-refractivity contribution is 0.503. The Morgan fingerprint density at radius 2 is 2.25 bits per heavy atom. The highest BCUT2D eigenvalue weighted by Gasteiger charge is 2.03. The van der Waals surface area contributed by atoms with Crippen molar-refractivity contribution in [1.29, 1.82) is 0 Å². The summed E-state index contributed by atoms with van der Waals surface area (Å²) in [4.78, 5) is 8.49. The van der Waals surface area contributed by atoms with Gasteiger partial charge in [0.2, 0.25) is 0 Å². The van der Waals surface area contributed by atoms with Crippen molar-refractivity contribution in [2.45, 2.75) is 4.83 Å². The van der Waals surface area contributed by atoms with E-state index < -0.39 is 8.03 Å². The minimum absolute atomic E-state index is 0.138. The predicted molar refractivity (Wildman–Crippen MR) is 42.6 cm³/mol. The van der Waals surface area contributed by atoms with E-state index in [1.807, 2.05) is 0 Å². The quantitative estimate of drug-likeness (QED) is 0.622. The van der Waals surface area contributed by atoms with Crippen molar-refractivity contribution in [3.63, 3.8) is 0 Å². The van der Waals surface area contributed by atoms with Crippen molar-refractivity contribution in [2.24, 2.45) is 0 Å². The van der Waals surface area contributed by atoms with Gasteiger partial charge in [0.15, 0.2) is 8.03 Å². The van der Waals surface area contributed by atoms with Crippen LogP contribution in [0.15, 0.2) is 0 Å². The van der Waals surface area contributed by atoms with E-state index in [0.29, 0.717) is 6.16 Å². The van der Waals surface area contributed by atoms with Gasteiger partial charge in [-0.15, -0.1) is 0 Å². The molecule has 8 heavy (non-hydrogen) atoms. The Morgan fingerprint density at radius 3 is 2.38 bits per heavy atom. The predicted octanol–water partition coefficient (Wildman–Crippen LogP) is 1.61. The highest BCUT2D eigenvalue weighted by atomic mass is 79.9. The standard InChI is InChI=1S/C3H7Br2O2P/c4-1-3(5)2-8(6)7/h3,8H,1-2H2,(H,6,7). The van der Waals surface area contributed by atoms with Crippen LogP contribution >= 0.6 is 39.9 Å². The number of rotatable bonds is 3. The molecule has 0 saturated heterocycles. The van der Waals surface area contributed by atoms with Crippen LogP contribution in [-0.2, 0) is 4.57 Å². The lowest BCUT2D eigenvalue weighted by Crippen LogP contribution is -2.01. The van der Waals surface area contributed by atoms with Crippen molar-refractivity contribution in [2.75, 3.05) is 11.5 Å². The maximum absolute atomic E-state index is 10.1. The number of halogens is 2. The van der Waals surface area contributed by atoms with Gasteiger partial charge in [-0.2, -0.15) is 0 Å². The monoisotopic (exact) mass is 264 g/mol. The van der Waals surface area contributed by atoms with Crippen LogP contribution in [0.3, 0.4) is 0 Å². The van der Waals surface area contributed by atoms with Gasteiger partial charge in [-0.25, -0.2) is 0 Å². The first-order valence-corrected chi connectivity index (χ1v) is 5.68. The van der Waals surface area contributed by atoms with Gasteiger partial charge in [0, 0.05) is 16.3 Å². The fourth-order valence-corrected chi connectivity index (χ4v) is 2.25. The first-order valence-electron chi connectivity index (χ1n) is 2.08. The van der Waals surface area contributed by atoms with Gasteiger partial charge in [0.25, 0.3) is 0 Å². The van der Waals surface area contributed by atoms with Gasteiger partial charge >= 0.3 is 0 Å². The maximum Gasteiger partial charge on any atom is 0.190 e. The van der Waals surface area contributed by atoms with Crippen LogP contribution in [0, 0.1) is 0 Å². The second kappa shape index (κ2) is 4.98. The van der Waals surface area contributed by atoms with E-state index >= 15 is 0 Å². The van der Waals surface area contributed by atoms with Gasteiger partial charge in [-0.1, -0.05) is 31.9 Å². The molecule has 0 radical (unpaired) electrons. The lowest BCUT2D eigenvalue weighted by Gasteiger charge is -1.98. The third-order valence-corrected chi connectivity index (χ3v) is 4.30. The van der Waals surface area contributed by atoms with E-state index in [4.69, 9.17) is 4.89 Å². The van der Waals surface area contributed by atoms with Crippen molar-refractivity contribution in [3.8, 4) is 0 Å². The van der Waals surface area contributed by atoms with Crippen LogP contribution in [0.25, 0.3) is 0 Å². The summed E-state index contributed by atoms with van der Waals surface area (Å²) >= 11 is 6.36. The summed E-state index contributed by atoms with van der Waals surface area (Å²) in [5.74, 6) is 0. The normalized spacial score (nSPS) is 17.9. The van der Waals surface area contributed by atoms with E-state index in [9.17, 15) is 4.57 Å². The lowest BCUT2D eigenvalue weighted by atomic mass is 10.6. The minimum atomic E-state index is -2.27. The van der Waals surface area contributed by atoms with E-state index in [1.54, 1.807) is 0 Å². The molecule has 0 saturated carbocycles. The Balaban J connectivity index is 3.24. The molecule has 5 heteroatoms. The minimum Gasteiger partial charge on any atom is -0.346 e. The number of alkyl halides is 2. The molecular weight excluding hydrogens is 259 g/mol. The fourth-order valence-electron chi connectivity index (χ4n) is 0.244. The van der Waals surface area contributed by atoms with Gasteiger partial charge in [0.05, 0.1) is 0 Å². The van der Waals surface area contributed by atoms with Gasteiger partial charge in [-0.05, 0) is 0 Å². The van der Waals surface area contributed by atoms with Crippen molar-refractivity contribution >= 4 is 39.9 Å². The molecule has 1 N–H and O–H groups in total. The van der Waals surface area contributed by atoms with Crippen LogP contribution in [0.2, 0.25) is 0 Å². The van der Waals surface area contributed by atoms with E-state index in [-0.39, 0.29) is 4.83 Å². The van der Waals surface area contributed by atoms with Crippen LogP contribution in [0.5, 0.6) is 0 Å².